The van der Waals surface area contributed by atoms with E-state index >= 15 is 0 Å². The van der Waals surface area contributed by atoms with Crippen LogP contribution in [0.1, 0.15) is 51.0 Å². The molecule has 0 aliphatic carbocycles. The Morgan fingerprint density at radius 3 is 2.85 bits per heavy atom. The fourth-order valence-electron chi connectivity index (χ4n) is 3.10. The van der Waals surface area contributed by atoms with E-state index in [9.17, 15) is 0 Å². The fourth-order valence-corrected chi connectivity index (χ4v) is 3.10. The maximum absolute atomic E-state index is 3.68. The number of hydrogen-bond acceptors (Lipinski definition) is 2. The first-order chi connectivity index (χ1) is 9.79. The number of rotatable bonds is 7. The largest absolute Gasteiger partial charge is 0.313 e. The van der Waals surface area contributed by atoms with Crippen LogP contribution in [-0.4, -0.2) is 37.1 Å². The van der Waals surface area contributed by atoms with Crippen LogP contribution >= 0.6 is 0 Å². The molecule has 0 bridgehead atoms. The summed E-state index contributed by atoms with van der Waals surface area (Å²) in [7, 11) is 0. The Bertz CT molecular complexity index is 363. The van der Waals surface area contributed by atoms with E-state index < -0.39 is 0 Å². The van der Waals surface area contributed by atoms with Crippen molar-refractivity contribution < 1.29 is 0 Å². The second-order valence-electron chi connectivity index (χ2n) is 6.19. The average Bonchev–Trinajstić information content (AvgIpc) is 2.52. The Morgan fingerprint density at radius 2 is 2.10 bits per heavy atom. The Morgan fingerprint density at radius 1 is 1.30 bits per heavy atom. The van der Waals surface area contributed by atoms with Crippen molar-refractivity contribution in [3.8, 4) is 0 Å². The van der Waals surface area contributed by atoms with E-state index in [0.717, 1.165) is 6.04 Å². The van der Waals surface area contributed by atoms with Gasteiger partial charge in [-0.1, -0.05) is 44.2 Å². The van der Waals surface area contributed by atoms with Crippen molar-refractivity contribution in [2.45, 2.75) is 51.5 Å². The minimum absolute atomic E-state index is 0.667. The third-order valence-corrected chi connectivity index (χ3v) is 4.44. The zero-order valence-electron chi connectivity index (χ0n) is 13.1. The highest BCUT2D eigenvalue weighted by molar-refractivity contribution is 5.18. The van der Waals surface area contributed by atoms with Gasteiger partial charge < -0.3 is 10.2 Å². The summed E-state index contributed by atoms with van der Waals surface area (Å²) < 4.78 is 0. The lowest BCUT2D eigenvalue weighted by molar-refractivity contribution is 0.186. The summed E-state index contributed by atoms with van der Waals surface area (Å²) in [5.74, 6) is 0.667. The number of benzene rings is 1. The predicted molar refractivity (Wildman–Crippen MR) is 87.2 cm³/mol. The van der Waals surface area contributed by atoms with Crippen molar-refractivity contribution in [1.29, 1.82) is 0 Å². The van der Waals surface area contributed by atoms with Gasteiger partial charge in [0.25, 0.3) is 0 Å². The van der Waals surface area contributed by atoms with Crippen LogP contribution in [0.2, 0.25) is 0 Å². The van der Waals surface area contributed by atoms with Crippen LogP contribution in [0.15, 0.2) is 30.3 Å². The molecule has 112 valence electrons. The Balaban J connectivity index is 1.73. The SMILES string of the molecule is CCCNC1CCCN(CCC(C)c2ccccc2)C1. The van der Waals surface area contributed by atoms with E-state index in [1.807, 2.05) is 0 Å². The van der Waals surface area contributed by atoms with Gasteiger partial charge in [-0.25, -0.2) is 0 Å². The van der Waals surface area contributed by atoms with E-state index in [0.29, 0.717) is 5.92 Å². The highest BCUT2D eigenvalue weighted by Gasteiger charge is 2.19. The van der Waals surface area contributed by atoms with E-state index in [2.05, 4.69) is 54.4 Å². The Hall–Kier alpha value is -0.860. The van der Waals surface area contributed by atoms with Crippen LogP contribution in [0.3, 0.4) is 0 Å². The van der Waals surface area contributed by atoms with Gasteiger partial charge in [-0.3, -0.25) is 0 Å². The third-order valence-electron chi connectivity index (χ3n) is 4.44. The lowest BCUT2D eigenvalue weighted by Gasteiger charge is -2.33. The summed E-state index contributed by atoms with van der Waals surface area (Å²) in [6.07, 6.45) is 5.21. The van der Waals surface area contributed by atoms with Gasteiger partial charge >= 0.3 is 0 Å². The molecule has 0 amide bonds. The molecule has 0 radical (unpaired) electrons. The fraction of sp³-hybridized carbons (Fsp3) is 0.667. The average molecular weight is 274 g/mol. The summed E-state index contributed by atoms with van der Waals surface area (Å²) in [5, 5.41) is 3.68. The molecule has 1 aromatic carbocycles. The molecule has 2 nitrogen and oxygen atoms in total. The molecule has 1 heterocycles. The summed E-state index contributed by atoms with van der Waals surface area (Å²) in [6.45, 7) is 9.52. The van der Waals surface area contributed by atoms with Gasteiger partial charge in [-0.2, -0.15) is 0 Å². The summed E-state index contributed by atoms with van der Waals surface area (Å²) >= 11 is 0. The monoisotopic (exact) mass is 274 g/mol. The molecule has 1 N–H and O–H groups in total. The highest BCUT2D eigenvalue weighted by atomic mass is 15.2. The van der Waals surface area contributed by atoms with E-state index in [4.69, 9.17) is 0 Å². The maximum atomic E-state index is 3.68. The molecule has 2 atom stereocenters. The summed E-state index contributed by atoms with van der Waals surface area (Å²) in [5.41, 5.74) is 1.48. The maximum Gasteiger partial charge on any atom is 0.0195 e. The molecule has 1 aliphatic heterocycles. The molecule has 1 aliphatic rings. The zero-order valence-corrected chi connectivity index (χ0v) is 13.1. The van der Waals surface area contributed by atoms with Gasteiger partial charge in [0.1, 0.15) is 0 Å². The van der Waals surface area contributed by atoms with E-state index in [1.54, 1.807) is 0 Å². The number of piperidine rings is 1. The predicted octanol–water partition coefficient (Wildman–Crippen LogP) is 3.64. The standard InChI is InChI=1S/C18H30N2/c1-3-12-19-18-10-7-13-20(15-18)14-11-16(2)17-8-5-4-6-9-17/h4-6,8-9,16,18-19H,3,7,10-15H2,1-2H3. The second kappa shape index (κ2) is 8.43. The van der Waals surface area contributed by atoms with Crippen molar-refractivity contribution >= 4 is 0 Å². The molecule has 1 aromatic rings. The van der Waals surface area contributed by atoms with Crippen LogP contribution in [0.4, 0.5) is 0 Å². The lowest BCUT2D eigenvalue weighted by atomic mass is 9.97. The molecule has 1 fully saturated rings. The smallest absolute Gasteiger partial charge is 0.0195 e. The van der Waals surface area contributed by atoms with Gasteiger partial charge in [-0.05, 0) is 56.8 Å². The molecule has 2 rings (SSSR count). The molecule has 0 aromatic heterocycles. The van der Waals surface area contributed by atoms with Crippen molar-refractivity contribution in [2.75, 3.05) is 26.2 Å². The van der Waals surface area contributed by atoms with Gasteiger partial charge in [0.05, 0.1) is 0 Å². The van der Waals surface area contributed by atoms with E-state index in [1.165, 1.54) is 57.4 Å². The van der Waals surface area contributed by atoms with Crippen LogP contribution in [0.5, 0.6) is 0 Å². The number of hydrogen-bond donors (Lipinski definition) is 1. The van der Waals surface area contributed by atoms with Crippen molar-refractivity contribution in [1.82, 2.24) is 10.2 Å². The third kappa shape index (κ3) is 4.92. The Kier molecular flexibility index (Phi) is 6.55. The topological polar surface area (TPSA) is 15.3 Å². The van der Waals surface area contributed by atoms with Gasteiger partial charge in [0.15, 0.2) is 0 Å². The van der Waals surface area contributed by atoms with Gasteiger partial charge in [0.2, 0.25) is 0 Å². The Labute approximate surface area is 124 Å². The number of likely N-dealkylation sites (tertiary alicyclic amines) is 1. The number of nitrogens with one attached hydrogen (secondary N) is 1. The quantitative estimate of drug-likeness (QED) is 0.816. The van der Waals surface area contributed by atoms with Crippen LogP contribution < -0.4 is 5.32 Å². The van der Waals surface area contributed by atoms with Gasteiger partial charge in [-0.15, -0.1) is 0 Å². The van der Waals surface area contributed by atoms with Crippen LogP contribution in [0, 0.1) is 0 Å². The van der Waals surface area contributed by atoms with Crippen molar-refractivity contribution in [3.63, 3.8) is 0 Å². The summed E-state index contributed by atoms with van der Waals surface area (Å²) in [6, 6.07) is 11.6. The minimum atomic E-state index is 0.667. The molecule has 20 heavy (non-hydrogen) atoms. The molecule has 1 saturated heterocycles. The number of nitrogens with zero attached hydrogens (tertiary/aromatic N) is 1. The van der Waals surface area contributed by atoms with Gasteiger partial charge in [0, 0.05) is 12.6 Å². The van der Waals surface area contributed by atoms with Crippen molar-refractivity contribution in [3.05, 3.63) is 35.9 Å². The van der Waals surface area contributed by atoms with Crippen LogP contribution in [-0.2, 0) is 0 Å². The molecule has 2 unspecified atom stereocenters. The zero-order chi connectivity index (χ0) is 14.2. The lowest BCUT2D eigenvalue weighted by Crippen LogP contribution is -2.46. The molecule has 0 saturated carbocycles. The molecular formula is C18H30N2. The normalized spacial score (nSPS) is 21.8. The molecular weight excluding hydrogens is 244 g/mol. The van der Waals surface area contributed by atoms with Crippen LogP contribution in [0.25, 0.3) is 0 Å². The minimum Gasteiger partial charge on any atom is -0.313 e. The highest BCUT2D eigenvalue weighted by Crippen LogP contribution is 2.20. The molecule has 0 spiro atoms. The first-order valence-corrected chi connectivity index (χ1v) is 8.30. The summed E-state index contributed by atoms with van der Waals surface area (Å²) in [4.78, 5) is 2.65. The van der Waals surface area contributed by atoms with E-state index in [-0.39, 0.29) is 0 Å². The first kappa shape index (κ1) is 15.5. The van der Waals surface area contributed by atoms with Crippen molar-refractivity contribution in [2.24, 2.45) is 0 Å². The molecule has 2 heteroatoms. The first-order valence-electron chi connectivity index (χ1n) is 8.30. The second-order valence-corrected chi connectivity index (χ2v) is 6.19.